The highest BCUT2D eigenvalue weighted by Gasteiger charge is 2.08. The van der Waals surface area contributed by atoms with E-state index < -0.39 is 0 Å². The fraction of sp³-hybridized carbons (Fsp3) is 0.100. The van der Waals surface area contributed by atoms with Crippen molar-refractivity contribution < 1.29 is 14.0 Å². The predicted octanol–water partition coefficient (Wildman–Crippen LogP) is 3.73. The minimum Gasteiger partial charge on any atom is -0.453 e. The van der Waals surface area contributed by atoms with Gasteiger partial charge in [0.1, 0.15) is 5.76 Å². The van der Waals surface area contributed by atoms with Gasteiger partial charge < -0.3 is 9.73 Å². The molecule has 3 aromatic rings. The van der Waals surface area contributed by atoms with Gasteiger partial charge in [-0.15, -0.1) is 0 Å². The molecule has 3 rings (SSSR count). The number of hydrogen-bond acceptors (Lipinski definition) is 3. The maximum absolute atomic E-state index is 12.2. The van der Waals surface area contributed by atoms with Gasteiger partial charge in [-0.2, -0.15) is 0 Å². The van der Waals surface area contributed by atoms with Gasteiger partial charge in [0.25, 0.3) is 5.91 Å². The summed E-state index contributed by atoms with van der Waals surface area (Å²) in [6.07, 6.45) is 1.46. The zero-order valence-electron chi connectivity index (χ0n) is 13.1. The Labute approximate surface area is 140 Å². The number of furan rings is 1. The molecule has 4 heteroatoms. The second kappa shape index (κ2) is 7.42. The highest BCUT2D eigenvalue weighted by atomic mass is 16.3. The second-order valence-corrected chi connectivity index (χ2v) is 5.39. The normalized spacial score (nSPS) is 10.3. The van der Waals surface area contributed by atoms with Gasteiger partial charge in [-0.1, -0.05) is 42.5 Å². The minimum atomic E-state index is -0.106. The van der Waals surface area contributed by atoms with Crippen molar-refractivity contribution in [3.05, 3.63) is 83.6 Å². The monoisotopic (exact) mass is 319 g/mol. The van der Waals surface area contributed by atoms with E-state index in [4.69, 9.17) is 4.42 Å². The molecule has 120 valence electrons. The van der Waals surface area contributed by atoms with Gasteiger partial charge in [-0.05, 0) is 36.2 Å². The van der Waals surface area contributed by atoms with Crippen molar-refractivity contribution in [2.45, 2.75) is 6.42 Å². The van der Waals surface area contributed by atoms with E-state index in [9.17, 15) is 9.59 Å². The average molecular weight is 319 g/mol. The Morgan fingerprint density at radius 1 is 0.958 bits per heavy atom. The van der Waals surface area contributed by atoms with Crippen LogP contribution < -0.4 is 5.32 Å². The molecule has 0 unspecified atom stereocenters. The molecule has 0 saturated carbocycles. The fourth-order valence-electron chi connectivity index (χ4n) is 2.42. The number of hydrogen-bond donors (Lipinski definition) is 1. The lowest BCUT2D eigenvalue weighted by molar-refractivity contribution is 0.0954. The van der Waals surface area contributed by atoms with Crippen molar-refractivity contribution in [1.82, 2.24) is 5.32 Å². The average Bonchev–Trinajstić information content (AvgIpc) is 3.12. The summed E-state index contributed by atoms with van der Waals surface area (Å²) in [4.78, 5) is 22.8. The van der Waals surface area contributed by atoms with Crippen molar-refractivity contribution in [3.63, 3.8) is 0 Å². The molecule has 0 bridgehead atoms. The lowest BCUT2D eigenvalue weighted by Crippen LogP contribution is -2.25. The first kappa shape index (κ1) is 15.7. The van der Waals surface area contributed by atoms with Crippen molar-refractivity contribution in [2.75, 3.05) is 6.54 Å². The van der Waals surface area contributed by atoms with E-state index in [1.807, 2.05) is 30.3 Å². The molecule has 24 heavy (non-hydrogen) atoms. The van der Waals surface area contributed by atoms with Gasteiger partial charge in [0.05, 0.1) is 0 Å². The number of amides is 1. The molecule has 0 atom stereocenters. The maximum Gasteiger partial charge on any atom is 0.251 e. The number of nitrogens with one attached hydrogen (secondary N) is 1. The summed E-state index contributed by atoms with van der Waals surface area (Å²) in [7, 11) is 0. The summed E-state index contributed by atoms with van der Waals surface area (Å²) in [5.41, 5.74) is 2.61. The number of carbonyl (C=O) groups excluding carboxylic acids is 2. The molecule has 0 aliphatic carbocycles. The van der Waals surface area contributed by atoms with Gasteiger partial charge in [-0.25, -0.2) is 0 Å². The Morgan fingerprint density at radius 3 is 2.38 bits per heavy atom. The molecule has 1 N–H and O–H groups in total. The quantitative estimate of drug-likeness (QED) is 0.704. The number of benzene rings is 2. The van der Waals surface area contributed by atoms with E-state index >= 15 is 0 Å². The van der Waals surface area contributed by atoms with Gasteiger partial charge in [0.15, 0.2) is 12.0 Å². The van der Waals surface area contributed by atoms with E-state index in [1.54, 1.807) is 36.4 Å². The number of carbonyl (C=O) groups is 2. The Bertz CT molecular complexity index is 820. The van der Waals surface area contributed by atoms with Crippen molar-refractivity contribution in [2.24, 2.45) is 0 Å². The molecule has 1 amide bonds. The predicted molar refractivity (Wildman–Crippen MR) is 92.0 cm³/mol. The lowest BCUT2D eigenvalue weighted by atomic mass is 10.1. The first-order valence-corrected chi connectivity index (χ1v) is 7.74. The van der Waals surface area contributed by atoms with Crippen LogP contribution in [-0.4, -0.2) is 18.7 Å². The summed E-state index contributed by atoms with van der Waals surface area (Å²) in [6, 6.07) is 20.5. The van der Waals surface area contributed by atoms with E-state index in [1.165, 1.54) is 5.56 Å². The summed E-state index contributed by atoms with van der Waals surface area (Å²) in [6.45, 7) is 0.589. The number of rotatable bonds is 6. The highest BCUT2D eigenvalue weighted by Crippen LogP contribution is 2.21. The Morgan fingerprint density at radius 2 is 1.71 bits per heavy atom. The SMILES string of the molecule is O=Cc1ccc(-c2ccc(C(=O)NCCc3ccccc3)cc2)o1. The molecule has 0 aliphatic heterocycles. The Balaban J connectivity index is 1.58. The molecule has 4 nitrogen and oxygen atoms in total. The van der Waals surface area contributed by atoms with Gasteiger partial charge in [-0.3, -0.25) is 9.59 Å². The summed E-state index contributed by atoms with van der Waals surface area (Å²) >= 11 is 0. The molecule has 1 aromatic heterocycles. The van der Waals surface area contributed by atoms with Crippen LogP contribution in [0.25, 0.3) is 11.3 Å². The zero-order valence-corrected chi connectivity index (χ0v) is 13.1. The van der Waals surface area contributed by atoms with Crippen LogP contribution in [0.5, 0.6) is 0 Å². The lowest BCUT2D eigenvalue weighted by Gasteiger charge is -2.06. The second-order valence-electron chi connectivity index (χ2n) is 5.39. The molecule has 0 radical (unpaired) electrons. The first-order chi connectivity index (χ1) is 11.8. The van der Waals surface area contributed by atoms with Crippen LogP contribution in [0.15, 0.2) is 71.1 Å². The van der Waals surface area contributed by atoms with Crippen LogP contribution in [0, 0.1) is 0 Å². The van der Waals surface area contributed by atoms with Crippen LogP contribution in [0.2, 0.25) is 0 Å². The third kappa shape index (κ3) is 3.79. The van der Waals surface area contributed by atoms with Crippen molar-refractivity contribution in [1.29, 1.82) is 0 Å². The number of aldehydes is 1. The van der Waals surface area contributed by atoms with Crippen LogP contribution >= 0.6 is 0 Å². The first-order valence-electron chi connectivity index (χ1n) is 7.74. The zero-order chi connectivity index (χ0) is 16.8. The minimum absolute atomic E-state index is 0.106. The summed E-state index contributed by atoms with van der Waals surface area (Å²) in [5.74, 6) is 0.784. The summed E-state index contributed by atoms with van der Waals surface area (Å²) in [5, 5.41) is 2.91. The molecule has 0 fully saturated rings. The molecule has 0 spiro atoms. The van der Waals surface area contributed by atoms with Gasteiger partial charge >= 0.3 is 0 Å². The Hall–Kier alpha value is -3.14. The van der Waals surface area contributed by atoms with Crippen LogP contribution in [-0.2, 0) is 6.42 Å². The highest BCUT2D eigenvalue weighted by molar-refractivity contribution is 5.94. The van der Waals surface area contributed by atoms with Gasteiger partial charge in [0.2, 0.25) is 0 Å². The fourth-order valence-corrected chi connectivity index (χ4v) is 2.42. The largest absolute Gasteiger partial charge is 0.453 e. The van der Waals surface area contributed by atoms with Crippen LogP contribution in [0.3, 0.4) is 0 Å². The van der Waals surface area contributed by atoms with Gasteiger partial charge in [0, 0.05) is 17.7 Å². The third-order valence-electron chi connectivity index (χ3n) is 3.72. The summed E-state index contributed by atoms with van der Waals surface area (Å²) < 4.78 is 5.36. The maximum atomic E-state index is 12.2. The van der Waals surface area contributed by atoms with Crippen molar-refractivity contribution in [3.8, 4) is 11.3 Å². The molecule has 1 heterocycles. The molecule has 2 aromatic carbocycles. The van der Waals surface area contributed by atoms with E-state index in [0.29, 0.717) is 24.2 Å². The smallest absolute Gasteiger partial charge is 0.251 e. The third-order valence-corrected chi connectivity index (χ3v) is 3.72. The topological polar surface area (TPSA) is 59.3 Å². The Kier molecular flexibility index (Phi) is 4.87. The van der Waals surface area contributed by atoms with Crippen molar-refractivity contribution >= 4 is 12.2 Å². The van der Waals surface area contributed by atoms with Crippen LogP contribution in [0.4, 0.5) is 0 Å². The van der Waals surface area contributed by atoms with E-state index in [-0.39, 0.29) is 11.7 Å². The van der Waals surface area contributed by atoms with E-state index in [2.05, 4.69) is 5.32 Å². The molecular weight excluding hydrogens is 302 g/mol. The molecule has 0 aliphatic rings. The molecule has 0 saturated heterocycles. The van der Waals surface area contributed by atoms with E-state index in [0.717, 1.165) is 12.0 Å². The molecular formula is C20H17NO3. The standard InChI is InChI=1S/C20H17NO3/c22-14-18-10-11-19(24-18)16-6-8-17(9-7-16)20(23)21-13-12-15-4-2-1-3-5-15/h1-11,14H,12-13H2,(H,21,23). The van der Waals surface area contributed by atoms with Crippen LogP contribution in [0.1, 0.15) is 26.5 Å².